The van der Waals surface area contributed by atoms with E-state index in [9.17, 15) is 4.79 Å². The van der Waals surface area contributed by atoms with E-state index >= 15 is 0 Å². The van der Waals surface area contributed by atoms with Crippen molar-refractivity contribution in [3.63, 3.8) is 0 Å². The highest BCUT2D eigenvalue weighted by atomic mass is 32.2. The number of hydrogen-bond donors (Lipinski definition) is 0. The van der Waals surface area contributed by atoms with Gasteiger partial charge in [-0.15, -0.1) is 0 Å². The molecule has 0 aromatic heterocycles. The maximum atomic E-state index is 13.1. The predicted molar refractivity (Wildman–Crippen MR) is 170 cm³/mol. The largest absolute Gasteiger partial charge is 0.282 e. The Morgan fingerprint density at radius 3 is 2.51 bits per heavy atom. The van der Waals surface area contributed by atoms with Crippen LogP contribution in [-0.2, 0) is 4.79 Å². The number of carbonyl (C=O) groups is 1. The second-order valence-corrected chi connectivity index (χ2v) is 16.1. The monoisotopic (exact) mass is 546 g/mol. The molecule has 4 aliphatic rings. The van der Waals surface area contributed by atoms with Gasteiger partial charge in [-0.05, 0) is 116 Å². The highest BCUT2D eigenvalue weighted by molar-refractivity contribution is 8.14. The quantitative estimate of drug-likeness (QED) is 0.238. The standard InChI is InChI=1S/C37H54OS/c1-25(2)11-10-12-26(3)32-17-18-33-31-16-15-29-24-30(19-21-36(29,5)34(31)20-22-37(32,33)6)39-35(38)27(4)23-28-13-8-7-9-14-28/h7-9,13-15,23,25-26,30-34H,10-12,16-22,24H2,1-6H3/b27-23+/t26-,30+,31+,32+,33-,34+,36+,37-/m1/s1. The van der Waals surface area contributed by atoms with Gasteiger partial charge < -0.3 is 0 Å². The molecular formula is C37H54OS. The van der Waals surface area contributed by atoms with Crippen LogP contribution in [0.15, 0.2) is 47.6 Å². The molecule has 0 N–H and O–H groups in total. The van der Waals surface area contributed by atoms with Crippen molar-refractivity contribution in [1.82, 2.24) is 0 Å². The zero-order valence-electron chi connectivity index (χ0n) is 25.7. The Morgan fingerprint density at radius 1 is 1.00 bits per heavy atom. The minimum atomic E-state index is 0.259. The van der Waals surface area contributed by atoms with Crippen LogP contribution in [0.3, 0.4) is 0 Å². The average Bonchev–Trinajstić information content (AvgIpc) is 3.26. The summed E-state index contributed by atoms with van der Waals surface area (Å²) >= 11 is 1.61. The Hall–Kier alpha value is -1.28. The molecule has 39 heavy (non-hydrogen) atoms. The number of hydrogen-bond acceptors (Lipinski definition) is 2. The lowest BCUT2D eigenvalue weighted by Gasteiger charge is -2.58. The molecule has 3 fully saturated rings. The molecule has 3 saturated carbocycles. The molecule has 0 spiro atoms. The zero-order valence-corrected chi connectivity index (χ0v) is 26.5. The molecule has 0 saturated heterocycles. The summed E-state index contributed by atoms with van der Waals surface area (Å²) in [5.41, 5.74) is 4.61. The SMILES string of the molecule is C/C(=C\c1ccccc1)C(=O)S[C@H]1CC[C@@]2(C)C(=CC[C@H]3[C@H]4CC[C@@H]([C@H](C)CCCC(C)C)[C@@]4(C)CC[C@@H]32)C1. The normalized spacial score (nSPS) is 37.1. The summed E-state index contributed by atoms with van der Waals surface area (Å²) in [6.07, 6.45) is 19.6. The molecule has 2 heteroatoms. The first-order valence-electron chi connectivity index (χ1n) is 16.3. The van der Waals surface area contributed by atoms with E-state index in [-0.39, 0.29) is 5.12 Å². The maximum absolute atomic E-state index is 13.1. The topological polar surface area (TPSA) is 17.1 Å². The third-order valence-electron chi connectivity index (χ3n) is 12.0. The van der Waals surface area contributed by atoms with Gasteiger partial charge >= 0.3 is 0 Å². The third-order valence-corrected chi connectivity index (χ3v) is 13.3. The molecule has 1 nitrogen and oxygen atoms in total. The molecule has 0 radical (unpaired) electrons. The lowest BCUT2D eigenvalue weighted by molar-refractivity contribution is -0.107. The van der Waals surface area contributed by atoms with Crippen molar-refractivity contribution in [2.24, 2.45) is 46.3 Å². The Kier molecular flexibility index (Phi) is 8.92. The van der Waals surface area contributed by atoms with Crippen molar-refractivity contribution in [3.05, 3.63) is 53.1 Å². The van der Waals surface area contributed by atoms with Crippen molar-refractivity contribution in [1.29, 1.82) is 0 Å². The summed E-state index contributed by atoms with van der Waals surface area (Å²) in [6.45, 7) is 14.6. The van der Waals surface area contributed by atoms with Crippen molar-refractivity contribution < 1.29 is 4.79 Å². The lowest BCUT2D eigenvalue weighted by Crippen LogP contribution is -2.50. The molecule has 0 unspecified atom stereocenters. The van der Waals surface area contributed by atoms with Gasteiger partial charge in [0, 0.05) is 10.8 Å². The van der Waals surface area contributed by atoms with Gasteiger partial charge in [-0.3, -0.25) is 4.79 Å². The molecular weight excluding hydrogens is 492 g/mol. The van der Waals surface area contributed by atoms with Crippen molar-refractivity contribution >= 4 is 23.0 Å². The molecule has 1 aromatic carbocycles. The van der Waals surface area contributed by atoms with E-state index < -0.39 is 0 Å². The number of thioether (sulfide) groups is 1. The van der Waals surface area contributed by atoms with Crippen molar-refractivity contribution in [2.75, 3.05) is 0 Å². The number of benzene rings is 1. The average molecular weight is 547 g/mol. The van der Waals surface area contributed by atoms with Crippen LogP contribution in [0.25, 0.3) is 6.08 Å². The summed E-state index contributed by atoms with van der Waals surface area (Å²) in [5, 5.41) is 0.693. The fourth-order valence-electron chi connectivity index (χ4n) is 9.86. The Labute approximate surface area is 244 Å². The van der Waals surface area contributed by atoms with E-state index in [1.54, 1.807) is 17.3 Å². The van der Waals surface area contributed by atoms with E-state index in [4.69, 9.17) is 0 Å². The molecule has 0 amide bonds. The number of fused-ring (bicyclic) bond motifs is 5. The minimum absolute atomic E-state index is 0.259. The second-order valence-electron chi connectivity index (χ2n) is 14.8. The first kappa shape index (κ1) is 29.2. The van der Waals surface area contributed by atoms with Crippen LogP contribution in [0.1, 0.15) is 118 Å². The van der Waals surface area contributed by atoms with Gasteiger partial charge in [0.05, 0.1) is 0 Å². The maximum Gasteiger partial charge on any atom is 0.215 e. The van der Waals surface area contributed by atoms with E-state index in [1.165, 1.54) is 64.2 Å². The molecule has 8 atom stereocenters. The van der Waals surface area contributed by atoms with Gasteiger partial charge in [-0.2, -0.15) is 0 Å². The molecule has 0 aliphatic heterocycles. The van der Waals surface area contributed by atoms with Crippen LogP contribution < -0.4 is 0 Å². The van der Waals surface area contributed by atoms with Gasteiger partial charge in [0.1, 0.15) is 0 Å². The van der Waals surface area contributed by atoms with Gasteiger partial charge in [0.15, 0.2) is 0 Å². The van der Waals surface area contributed by atoms with E-state index in [2.05, 4.69) is 52.8 Å². The Bertz CT molecular complexity index is 1070. The summed E-state index contributed by atoms with van der Waals surface area (Å²) in [7, 11) is 0. The molecule has 0 heterocycles. The first-order valence-corrected chi connectivity index (χ1v) is 17.1. The predicted octanol–water partition coefficient (Wildman–Crippen LogP) is 10.8. The molecule has 5 rings (SSSR count). The van der Waals surface area contributed by atoms with Crippen LogP contribution in [0.4, 0.5) is 0 Å². The van der Waals surface area contributed by atoms with Crippen molar-refractivity contribution in [2.45, 2.75) is 117 Å². The van der Waals surface area contributed by atoms with Crippen LogP contribution in [0.2, 0.25) is 0 Å². The molecule has 214 valence electrons. The summed E-state index contributed by atoms with van der Waals surface area (Å²) in [4.78, 5) is 13.1. The Morgan fingerprint density at radius 2 is 1.77 bits per heavy atom. The summed E-state index contributed by atoms with van der Waals surface area (Å²) in [6, 6.07) is 10.3. The van der Waals surface area contributed by atoms with Crippen LogP contribution >= 0.6 is 11.8 Å². The van der Waals surface area contributed by atoms with Crippen LogP contribution in [0.5, 0.6) is 0 Å². The lowest BCUT2D eigenvalue weighted by atomic mass is 9.47. The smallest absolute Gasteiger partial charge is 0.215 e. The van der Waals surface area contributed by atoms with E-state index in [0.717, 1.165) is 53.1 Å². The van der Waals surface area contributed by atoms with Gasteiger partial charge in [0.25, 0.3) is 0 Å². The van der Waals surface area contributed by atoms with Gasteiger partial charge in [-0.25, -0.2) is 0 Å². The summed E-state index contributed by atoms with van der Waals surface area (Å²) in [5.74, 6) is 5.30. The fourth-order valence-corrected chi connectivity index (χ4v) is 10.9. The van der Waals surface area contributed by atoms with Gasteiger partial charge in [0.2, 0.25) is 5.12 Å². The number of allylic oxidation sites excluding steroid dienone is 2. The summed E-state index contributed by atoms with van der Waals surface area (Å²) < 4.78 is 0. The van der Waals surface area contributed by atoms with E-state index in [0.29, 0.717) is 16.1 Å². The minimum Gasteiger partial charge on any atom is -0.282 e. The Balaban J connectivity index is 1.23. The first-order chi connectivity index (χ1) is 18.6. The van der Waals surface area contributed by atoms with E-state index in [1.807, 2.05) is 31.2 Å². The third kappa shape index (κ3) is 5.89. The fraction of sp³-hybridized carbons (Fsp3) is 0.703. The van der Waals surface area contributed by atoms with Gasteiger partial charge in [-0.1, -0.05) is 108 Å². The van der Waals surface area contributed by atoms with Crippen molar-refractivity contribution in [3.8, 4) is 0 Å². The number of carbonyl (C=O) groups excluding carboxylic acids is 1. The number of rotatable bonds is 8. The van der Waals surface area contributed by atoms with Crippen LogP contribution in [0, 0.1) is 46.3 Å². The highest BCUT2D eigenvalue weighted by Gasteiger charge is 2.59. The molecule has 1 aromatic rings. The molecule has 0 bridgehead atoms. The highest BCUT2D eigenvalue weighted by Crippen LogP contribution is 2.67. The van der Waals surface area contributed by atoms with Crippen LogP contribution in [-0.4, -0.2) is 10.4 Å². The molecule has 4 aliphatic carbocycles. The zero-order chi connectivity index (χ0) is 27.8. The second kappa shape index (κ2) is 11.9.